The van der Waals surface area contributed by atoms with Crippen LogP contribution in [0.2, 0.25) is 0 Å². The Morgan fingerprint density at radius 3 is 2.68 bits per heavy atom. The summed E-state index contributed by atoms with van der Waals surface area (Å²) in [6, 6.07) is 9.33. The molecule has 0 radical (unpaired) electrons. The topological polar surface area (TPSA) is 79.8 Å². The van der Waals surface area contributed by atoms with Gasteiger partial charge in [-0.1, -0.05) is 30.3 Å². The highest BCUT2D eigenvalue weighted by atomic mass is 16.5. The summed E-state index contributed by atoms with van der Waals surface area (Å²) in [4.78, 5) is 22.6. The van der Waals surface area contributed by atoms with E-state index in [4.69, 9.17) is 4.74 Å². The number of methoxy groups -OCH3 is 1. The summed E-state index contributed by atoms with van der Waals surface area (Å²) >= 11 is 0. The van der Waals surface area contributed by atoms with E-state index in [1.54, 1.807) is 0 Å². The Hall–Kier alpha value is -2.21. The molecule has 0 spiro atoms. The van der Waals surface area contributed by atoms with Crippen LogP contribution >= 0.6 is 0 Å². The zero-order valence-electron chi connectivity index (χ0n) is 10.8. The minimum Gasteiger partial charge on any atom is -0.383 e. The minimum absolute atomic E-state index is 0.254. The van der Waals surface area contributed by atoms with Crippen molar-refractivity contribution in [1.82, 2.24) is 10.7 Å². The SMILES string of the molecule is COCCNC(=O)CC(=O)NN=Cc1ccccc1. The summed E-state index contributed by atoms with van der Waals surface area (Å²) in [6.45, 7) is 0.801. The second-order valence-corrected chi connectivity index (χ2v) is 3.72. The molecule has 0 bridgehead atoms. The van der Waals surface area contributed by atoms with Crippen LogP contribution in [0.3, 0.4) is 0 Å². The second-order valence-electron chi connectivity index (χ2n) is 3.72. The van der Waals surface area contributed by atoms with Gasteiger partial charge in [0.15, 0.2) is 0 Å². The van der Waals surface area contributed by atoms with Crippen molar-refractivity contribution in [2.75, 3.05) is 20.3 Å². The van der Waals surface area contributed by atoms with Gasteiger partial charge in [0.2, 0.25) is 11.8 Å². The van der Waals surface area contributed by atoms with E-state index in [1.165, 1.54) is 13.3 Å². The maximum Gasteiger partial charge on any atom is 0.249 e. The summed E-state index contributed by atoms with van der Waals surface area (Å²) < 4.78 is 4.77. The molecule has 2 N–H and O–H groups in total. The van der Waals surface area contributed by atoms with Crippen molar-refractivity contribution >= 4 is 18.0 Å². The van der Waals surface area contributed by atoms with Crippen LogP contribution in [0.25, 0.3) is 0 Å². The van der Waals surface area contributed by atoms with Gasteiger partial charge in [-0.05, 0) is 5.56 Å². The van der Waals surface area contributed by atoms with Gasteiger partial charge in [0, 0.05) is 13.7 Å². The highest BCUT2D eigenvalue weighted by molar-refractivity contribution is 5.97. The number of carbonyl (C=O) groups excluding carboxylic acids is 2. The second kappa shape index (κ2) is 8.82. The third-order valence-electron chi connectivity index (χ3n) is 2.15. The molecule has 0 aliphatic carbocycles. The Labute approximate surface area is 111 Å². The number of hydrazone groups is 1. The summed E-state index contributed by atoms with van der Waals surface area (Å²) in [7, 11) is 1.54. The zero-order chi connectivity index (χ0) is 13.9. The van der Waals surface area contributed by atoms with Crippen LogP contribution in [0, 0.1) is 0 Å². The van der Waals surface area contributed by atoms with Gasteiger partial charge in [0.05, 0.1) is 12.8 Å². The zero-order valence-corrected chi connectivity index (χ0v) is 10.8. The van der Waals surface area contributed by atoms with Crippen molar-refractivity contribution in [3.05, 3.63) is 35.9 Å². The van der Waals surface area contributed by atoms with Crippen LogP contribution in [0.15, 0.2) is 35.4 Å². The molecule has 0 fully saturated rings. The molecule has 0 atom stereocenters. The molecule has 0 aromatic heterocycles. The van der Waals surface area contributed by atoms with E-state index in [-0.39, 0.29) is 12.3 Å². The summed E-state index contributed by atoms with van der Waals surface area (Å²) in [5.74, 6) is -0.813. The van der Waals surface area contributed by atoms with Crippen LogP contribution in [0.4, 0.5) is 0 Å². The largest absolute Gasteiger partial charge is 0.383 e. The molecule has 2 amide bonds. The third-order valence-corrected chi connectivity index (χ3v) is 2.15. The molecular formula is C13H17N3O3. The molecular weight excluding hydrogens is 246 g/mol. The van der Waals surface area contributed by atoms with Crippen molar-refractivity contribution in [2.45, 2.75) is 6.42 Å². The Morgan fingerprint density at radius 2 is 2.00 bits per heavy atom. The van der Waals surface area contributed by atoms with Crippen molar-refractivity contribution in [3.63, 3.8) is 0 Å². The lowest BCUT2D eigenvalue weighted by Gasteiger charge is -2.03. The fourth-order valence-corrected chi connectivity index (χ4v) is 1.26. The molecule has 0 unspecified atom stereocenters. The van der Waals surface area contributed by atoms with Gasteiger partial charge in [-0.25, -0.2) is 5.43 Å². The number of hydrogen-bond acceptors (Lipinski definition) is 4. The van der Waals surface area contributed by atoms with Crippen LogP contribution in [0.5, 0.6) is 0 Å². The van der Waals surface area contributed by atoms with E-state index in [0.29, 0.717) is 13.2 Å². The maximum atomic E-state index is 11.4. The number of nitrogens with one attached hydrogen (secondary N) is 2. The normalized spacial score (nSPS) is 10.4. The highest BCUT2D eigenvalue weighted by Gasteiger charge is 2.07. The molecule has 0 saturated heterocycles. The fraction of sp³-hybridized carbons (Fsp3) is 0.308. The Balaban J connectivity index is 2.24. The summed E-state index contributed by atoms with van der Waals surface area (Å²) in [5, 5.41) is 6.31. The molecule has 102 valence electrons. The van der Waals surface area contributed by atoms with Gasteiger partial charge in [-0.3, -0.25) is 9.59 Å². The number of amides is 2. The Morgan fingerprint density at radius 1 is 1.26 bits per heavy atom. The maximum absolute atomic E-state index is 11.4. The van der Waals surface area contributed by atoms with Gasteiger partial charge < -0.3 is 10.1 Å². The van der Waals surface area contributed by atoms with E-state index in [0.717, 1.165) is 5.56 Å². The van der Waals surface area contributed by atoms with Crippen molar-refractivity contribution in [1.29, 1.82) is 0 Å². The predicted molar refractivity (Wildman–Crippen MR) is 71.7 cm³/mol. The quantitative estimate of drug-likeness (QED) is 0.321. The summed E-state index contributed by atoms with van der Waals surface area (Å²) in [6.07, 6.45) is 1.26. The molecule has 19 heavy (non-hydrogen) atoms. The van der Waals surface area contributed by atoms with E-state index in [1.807, 2.05) is 30.3 Å². The van der Waals surface area contributed by atoms with Crippen LogP contribution in [-0.2, 0) is 14.3 Å². The number of benzene rings is 1. The lowest BCUT2D eigenvalue weighted by Crippen LogP contribution is -2.31. The summed E-state index contributed by atoms with van der Waals surface area (Å²) in [5.41, 5.74) is 3.16. The third kappa shape index (κ3) is 6.95. The highest BCUT2D eigenvalue weighted by Crippen LogP contribution is 1.93. The van der Waals surface area contributed by atoms with Gasteiger partial charge >= 0.3 is 0 Å². The molecule has 1 aromatic carbocycles. The van der Waals surface area contributed by atoms with Crippen LogP contribution < -0.4 is 10.7 Å². The van der Waals surface area contributed by atoms with Crippen molar-refractivity contribution in [2.24, 2.45) is 5.10 Å². The first-order valence-corrected chi connectivity index (χ1v) is 5.85. The first-order chi connectivity index (χ1) is 9.22. The fourth-order valence-electron chi connectivity index (χ4n) is 1.26. The molecule has 1 aromatic rings. The van der Waals surface area contributed by atoms with Gasteiger partial charge in [0.25, 0.3) is 0 Å². The number of carbonyl (C=O) groups is 2. The van der Waals surface area contributed by atoms with Crippen LogP contribution in [0.1, 0.15) is 12.0 Å². The minimum atomic E-state index is -0.456. The Kier molecular flexibility index (Phi) is 6.89. The van der Waals surface area contributed by atoms with Gasteiger partial charge in [-0.15, -0.1) is 0 Å². The van der Waals surface area contributed by atoms with Crippen LogP contribution in [-0.4, -0.2) is 38.3 Å². The van der Waals surface area contributed by atoms with Crippen molar-refractivity contribution in [3.8, 4) is 0 Å². The molecule has 0 heterocycles. The monoisotopic (exact) mass is 263 g/mol. The first kappa shape index (κ1) is 14.8. The molecule has 0 aliphatic heterocycles. The average Bonchev–Trinajstić information content (AvgIpc) is 2.40. The van der Waals surface area contributed by atoms with E-state index < -0.39 is 5.91 Å². The number of ether oxygens (including phenoxy) is 1. The standard InChI is InChI=1S/C13H17N3O3/c1-19-8-7-14-12(17)9-13(18)16-15-10-11-5-3-2-4-6-11/h2-6,10H,7-9H2,1H3,(H,14,17)(H,16,18). The first-order valence-electron chi connectivity index (χ1n) is 5.85. The van der Waals surface area contributed by atoms with E-state index in [9.17, 15) is 9.59 Å². The number of rotatable bonds is 7. The predicted octanol–water partition coefficient (Wildman–Crippen LogP) is 0.289. The lowest BCUT2D eigenvalue weighted by atomic mass is 10.2. The Bertz CT molecular complexity index is 432. The lowest BCUT2D eigenvalue weighted by molar-refractivity contribution is -0.129. The number of hydrogen-bond donors (Lipinski definition) is 2. The molecule has 6 nitrogen and oxygen atoms in total. The van der Waals surface area contributed by atoms with Gasteiger partial charge in [-0.2, -0.15) is 5.10 Å². The number of nitrogens with zero attached hydrogens (tertiary/aromatic N) is 1. The van der Waals surface area contributed by atoms with E-state index in [2.05, 4.69) is 15.8 Å². The van der Waals surface area contributed by atoms with E-state index >= 15 is 0 Å². The van der Waals surface area contributed by atoms with Gasteiger partial charge in [0.1, 0.15) is 6.42 Å². The molecule has 1 rings (SSSR count). The average molecular weight is 263 g/mol. The van der Waals surface area contributed by atoms with Crippen molar-refractivity contribution < 1.29 is 14.3 Å². The molecule has 0 saturated carbocycles. The smallest absolute Gasteiger partial charge is 0.249 e. The molecule has 6 heteroatoms. The molecule has 0 aliphatic rings.